The summed E-state index contributed by atoms with van der Waals surface area (Å²) in [5.41, 5.74) is 3.77. The number of pyridine rings is 1. The molecule has 0 radical (unpaired) electrons. The van der Waals surface area contributed by atoms with E-state index < -0.39 is 0 Å². The monoisotopic (exact) mass is 349 g/mol. The fraction of sp³-hybridized carbons (Fsp3) is 0.158. The third-order valence-electron chi connectivity index (χ3n) is 3.99. The minimum Gasteiger partial charge on any atom is -0.337 e. The number of halogens is 1. The van der Waals surface area contributed by atoms with Crippen LogP contribution in [0.3, 0.4) is 0 Å². The highest BCUT2D eigenvalue weighted by atomic mass is 19.1. The molecule has 3 heterocycles. The highest BCUT2D eigenvalue weighted by Gasteiger charge is 2.13. The lowest BCUT2D eigenvalue weighted by Gasteiger charge is -2.05. The van der Waals surface area contributed by atoms with E-state index in [0.29, 0.717) is 24.7 Å². The Morgan fingerprint density at radius 3 is 2.54 bits per heavy atom. The van der Waals surface area contributed by atoms with Crippen molar-refractivity contribution in [3.63, 3.8) is 0 Å². The average molecular weight is 349 g/mol. The Labute approximate surface area is 149 Å². The average Bonchev–Trinajstić information content (AvgIpc) is 3.24. The molecular formula is C19H16FN5O. The molecule has 0 unspecified atom stereocenters. The fourth-order valence-electron chi connectivity index (χ4n) is 2.74. The van der Waals surface area contributed by atoms with Gasteiger partial charge in [0.2, 0.25) is 5.89 Å². The summed E-state index contributed by atoms with van der Waals surface area (Å²) in [5, 5.41) is 8.51. The van der Waals surface area contributed by atoms with Crippen molar-refractivity contribution >= 4 is 0 Å². The highest BCUT2D eigenvalue weighted by molar-refractivity contribution is 5.58. The van der Waals surface area contributed by atoms with Gasteiger partial charge in [0.15, 0.2) is 5.82 Å². The Hall–Kier alpha value is -3.35. The number of hydrogen-bond donors (Lipinski definition) is 0. The van der Waals surface area contributed by atoms with Gasteiger partial charge in [0.05, 0.1) is 5.69 Å². The lowest BCUT2D eigenvalue weighted by atomic mass is 10.1. The van der Waals surface area contributed by atoms with Gasteiger partial charge in [-0.2, -0.15) is 10.1 Å². The van der Waals surface area contributed by atoms with E-state index in [1.165, 1.54) is 12.1 Å². The van der Waals surface area contributed by atoms with Crippen LogP contribution in [0.15, 0.2) is 59.4 Å². The number of aryl methyl sites for hydroxylation is 1. The first-order chi connectivity index (χ1) is 12.7. The quantitative estimate of drug-likeness (QED) is 0.552. The first kappa shape index (κ1) is 16.1. The van der Waals surface area contributed by atoms with E-state index >= 15 is 0 Å². The summed E-state index contributed by atoms with van der Waals surface area (Å²) >= 11 is 0. The summed E-state index contributed by atoms with van der Waals surface area (Å²) < 4.78 is 20.2. The zero-order chi connectivity index (χ0) is 17.9. The SMILES string of the molecule is Cc1noc(Cn2nc(-c3ccncc3)cc2Cc2ccc(F)cc2)n1. The molecule has 0 saturated heterocycles. The molecule has 0 bridgehead atoms. The van der Waals surface area contributed by atoms with E-state index in [0.717, 1.165) is 22.5 Å². The van der Waals surface area contributed by atoms with Crippen LogP contribution in [0.1, 0.15) is 23.0 Å². The molecule has 0 N–H and O–H groups in total. The zero-order valence-electron chi connectivity index (χ0n) is 14.1. The first-order valence-corrected chi connectivity index (χ1v) is 8.18. The lowest BCUT2D eigenvalue weighted by molar-refractivity contribution is 0.361. The van der Waals surface area contributed by atoms with E-state index in [4.69, 9.17) is 4.52 Å². The van der Waals surface area contributed by atoms with Crippen molar-refractivity contribution in [2.45, 2.75) is 19.9 Å². The van der Waals surface area contributed by atoms with Crippen LogP contribution in [0.5, 0.6) is 0 Å². The van der Waals surface area contributed by atoms with Crippen LogP contribution in [-0.2, 0) is 13.0 Å². The fourth-order valence-corrected chi connectivity index (χ4v) is 2.74. The highest BCUT2D eigenvalue weighted by Crippen LogP contribution is 2.21. The largest absolute Gasteiger partial charge is 0.337 e. The van der Waals surface area contributed by atoms with Gasteiger partial charge < -0.3 is 4.52 Å². The maximum atomic E-state index is 13.2. The van der Waals surface area contributed by atoms with Gasteiger partial charge in [-0.25, -0.2) is 4.39 Å². The van der Waals surface area contributed by atoms with Crippen LogP contribution in [-0.4, -0.2) is 24.9 Å². The Morgan fingerprint density at radius 2 is 1.85 bits per heavy atom. The molecule has 3 aromatic heterocycles. The second-order valence-corrected chi connectivity index (χ2v) is 5.95. The molecule has 0 fully saturated rings. The van der Waals surface area contributed by atoms with Crippen LogP contribution in [0, 0.1) is 12.7 Å². The minimum absolute atomic E-state index is 0.249. The molecule has 0 aliphatic carbocycles. The summed E-state index contributed by atoms with van der Waals surface area (Å²) in [7, 11) is 0. The van der Waals surface area contributed by atoms with Gasteiger partial charge in [-0.05, 0) is 42.8 Å². The summed E-state index contributed by atoms with van der Waals surface area (Å²) in [6.45, 7) is 2.15. The van der Waals surface area contributed by atoms with Crippen LogP contribution in [0.2, 0.25) is 0 Å². The lowest BCUT2D eigenvalue weighted by Crippen LogP contribution is -2.07. The second kappa shape index (κ2) is 6.87. The number of aromatic nitrogens is 5. The smallest absolute Gasteiger partial charge is 0.248 e. The maximum absolute atomic E-state index is 13.2. The van der Waals surface area contributed by atoms with E-state index in [-0.39, 0.29) is 5.82 Å². The molecule has 7 heteroatoms. The van der Waals surface area contributed by atoms with Gasteiger partial charge in [0.1, 0.15) is 12.4 Å². The first-order valence-electron chi connectivity index (χ1n) is 8.18. The predicted molar refractivity (Wildman–Crippen MR) is 92.8 cm³/mol. The molecule has 4 rings (SSSR count). The standard InChI is InChI=1S/C19H16FN5O/c1-13-22-19(26-24-13)12-25-17(10-14-2-4-16(20)5-3-14)11-18(23-25)15-6-8-21-9-7-15/h2-9,11H,10,12H2,1H3. The van der Waals surface area contributed by atoms with Crippen molar-refractivity contribution in [1.82, 2.24) is 24.9 Å². The topological polar surface area (TPSA) is 69.6 Å². The molecule has 0 amide bonds. The van der Waals surface area contributed by atoms with E-state index in [1.807, 2.05) is 22.9 Å². The predicted octanol–water partition coefficient (Wildman–Crippen LogP) is 3.41. The van der Waals surface area contributed by atoms with Crippen molar-refractivity contribution in [1.29, 1.82) is 0 Å². The van der Waals surface area contributed by atoms with Crippen molar-refractivity contribution < 1.29 is 8.91 Å². The van der Waals surface area contributed by atoms with Gasteiger partial charge in [-0.1, -0.05) is 17.3 Å². The van der Waals surface area contributed by atoms with E-state index in [2.05, 4.69) is 20.2 Å². The molecule has 0 aliphatic rings. The van der Waals surface area contributed by atoms with Crippen molar-refractivity contribution in [2.24, 2.45) is 0 Å². The van der Waals surface area contributed by atoms with Gasteiger partial charge >= 0.3 is 0 Å². The Morgan fingerprint density at radius 1 is 1.08 bits per heavy atom. The molecule has 130 valence electrons. The molecule has 1 aromatic carbocycles. The van der Waals surface area contributed by atoms with Crippen LogP contribution in [0.25, 0.3) is 11.3 Å². The molecule has 26 heavy (non-hydrogen) atoms. The number of benzene rings is 1. The van der Waals surface area contributed by atoms with Gasteiger partial charge in [0.25, 0.3) is 0 Å². The van der Waals surface area contributed by atoms with Gasteiger partial charge in [0, 0.05) is 30.1 Å². The van der Waals surface area contributed by atoms with E-state index in [9.17, 15) is 4.39 Å². The summed E-state index contributed by atoms with van der Waals surface area (Å²) in [5.74, 6) is 0.829. The molecule has 6 nitrogen and oxygen atoms in total. The number of nitrogens with zero attached hydrogens (tertiary/aromatic N) is 5. The molecule has 0 saturated carbocycles. The summed E-state index contributed by atoms with van der Waals surface area (Å²) in [6.07, 6.45) is 4.08. The zero-order valence-corrected chi connectivity index (χ0v) is 14.1. The normalized spacial score (nSPS) is 11.0. The third-order valence-corrected chi connectivity index (χ3v) is 3.99. The Bertz CT molecular complexity index is 1010. The number of hydrogen-bond acceptors (Lipinski definition) is 5. The third kappa shape index (κ3) is 3.51. The van der Waals surface area contributed by atoms with Crippen molar-refractivity contribution in [3.05, 3.63) is 83.6 Å². The second-order valence-electron chi connectivity index (χ2n) is 5.95. The van der Waals surface area contributed by atoms with Crippen LogP contribution in [0.4, 0.5) is 4.39 Å². The summed E-state index contributed by atoms with van der Waals surface area (Å²) in [4.78, 5) is 8.29. The van der Waals surface area contributed by atoms with Gasteiger partial charge in [-0.15, -0.1) is 0 Å². The summed E-state index contributed by atoms with van der Waals surface area (Å²) in [6, 6.07) is 12.3. The minimum atomic E-state index is -0.249. The molecule has 0 aliphatic heterocycles. The Kier molecular flexibility index (Phi) is 4.27. The van der Waals surface area contributed by atoms with Crippen LogP contribution >= 0.6 is 0 Å². The maximum Gasteiger partial charge on any atom is 0.248 e. The van der Waals surface area contributed by atoms with Crippen molar-refractivity contribution in [3.8, 4) is 11.3 Å². The van der Waals surface area contributed by atoms with Gasteiger partial charge in [-0.3, -0.25) is 9.67 Å². The van der Waals surface area contributed by atoms with E-state index in [1.54, 1.807) is 31.5 Å². The molecular weight excluding hydrogens is 333 g/mol. The van der Waals surface area contributed by atoms with Crippen LogP contribution < -0.4 is 0 Å². The Balaban J connectivity index is 1.69. The number of rotatable bonds is 5. The molecule has 0 atom stereocenters. The molecule has 4 aromatic rings. The van der Waals surface area contributed by atoms with Crippen molar-refractivity contribution in [2.75, 3.05) is 0 Å². The molecule has 0 spiro atoms.